The minimum absolute atomic E-state index is 0.0144. The molecule has 2 aliphatic rings. The number of amides is 1. The zero-order valence-corrected chi connectivity index (χ0v) is 16.9. The van der Waals surface area contributed by atoms with E-state index < -0.39 is 0 Å². The van der Waals surface area contributed by atoms with Gasteiger partial charge < -0.3 is 19.9 Å². The van der Waals surface area contributed by atoms with Gasteiger partial charge in [-0.15, -0.1) is 0 Å². The number of ether oxygens (including phenoxy) is 2. The van der Waals surface area contributed by atoms with Gasteiger partial charge in [-0.1, -0.05) is 12.1 Å². The maximum Gasteiger partial charge on any atom is 0.238 e. The summed E-state index contributed by atoms with van der Waals surface area (Å²) in [6.07, 6.45) is 0. The molecule has 1 amide bonds. The first-order valence-electron chi connectivity index (χ1n) is 9.92. The topological polar surface area (TPSA) is 74.3 Å². The molecule has 0 bridgehead atoms. The Bertz CT molecular complexity index is 907. The smallest absolute Gasteiger partial charge is 0.238 e. The summed E-state index contributed by atoms with van der Waals surface area (Å²) >= 11 is 0. The second kappa shape index (κ2) is 8.31. The highest BCUT2D eigenvalue weighted by Crippen LogP contribution is 2.38. The van der Waals surface area contributed by atoms with Crippen LogP contribution in [0.4, 0.5) is 5.69 Å². The van der Waals surface area contributed by atoms with Crippen molar-refractivity contribution in [2.24, 2.45) is 0 Å². The van der Waals surface area contributed by atoms with Crippen LogP contribution in [0.1, 0.15) is 16.7 Å². The van der Waals surface area contributed by atoms with E-state index >= 15 is 0 Å². The van der Waals surface area contributed by atoms with Gasteiger partial charge in [-0.3, -0.25) is 14.6 Å². The van der Waals surface area contributed by atoms with Crippen LogP contribution in [0.5, 0.6) is 17.2 Å². The van der Waals surface area contributed by atoms with Gasteiger partial charge in [-0.2, -0.15) is 0 Å². The fourth-order valence-electron chi connectivity index (χ4n) is 3.73. The second-order valence-electron chi connectivity index (χ2n) is 7.68. The van der Waals surface area contributed by atoms with Crippen LogP contribution >= 0.6 is 0 Å². The van der Waals surface area contributed by atoms with Crippen LogP contribution in [-0.4, -0.2) is 60.3 Å². The van der Waals surface area contributed by atoms with Crippen LogP contribution in [0, 0.1) is 13.8 Å². The van der Waals surface area contributed by atoms with Crippen molar-refractivity contribution in [2.75, 3.05) is 44.8 Å². The highest BCUT2D eigenvalue weighted by atomic mass is 16.7. The van der Waals surface area contributed by atoms with E-state index in [0.717, 1.165) is 43.0 Å². The van der Waals surface area contributed by atoms with E-state index in [1.165, 1.54) is 5.56 Å². The van der Waals surface area contributed by atoms with Crippen molar-refractivity contribution >= 4 is 11.6 Å². The largest absolute Gasteiger partial charge is 0.507 e. The van der Waals surface area contributed by atoms with Gasteiger partial charge in [0.2, 0.25) is 12.7 Å². The third-order valence-electron chi connectivity index (χ3n) is 5.68. The summed E-state index contributed by atoms with van der Waals surface area (Å²) in [6.45, 7) is 8.59. The number of aryl methyl sites for hydroxylation is 1. The van der Waals surface area contributed by atoms with E-state index in [2.05, 4.69) is 15.1 Å². The molecule has 2 aromatic carbocycles. The number of hydrogen-bond acceptors (Lipinski definition) is 6. The lowest BCUT2D eigenvalue weighted by Gasteiger charge is -2.34. The Kier molecular flexibility index (Phi) is 5.60. The molecular formula is C22H27N3O4. The quantitative estimate of drug-likeness (QED) is 0.808. The number of aromatic hydroxyl groups is 1. The summed E-state index contributed by atoms with van der Waals surface area (Å²) in [4.78, 5) is 16.9. The van der Waals surface area contributed by atoms with Gasteiger partial charge in [-0.05, 0) is 37.1 Å². The average Bonchev–Trinajstić information content (AvgIpc) is 3.14. The van der Waals surface area contributed by atoms with E-state index in [9.17, 15) is 9.90 Å². The number of carbonyl (C=O) groups is 1. The maximum atomic E-state index is 12.4. The predicted octanol–water partition coefficient (Wildman–Crippen LogP) is 2.49. The minimum Gasteiger partial charge on any atom is -0.507 e. The van der Waals surface area contributed by atoms with Gasteiger partial charge in [0, 0.05) is 50.0 Å². The van der Waals surface area contributed by atoms with Gasteiger partial charge in [0.1, 0.15) is 5.75 Å². The molecule has 7 nitrogen and oxygen atoms in total. The lowest BCUT2D eigenvalue weighted by molar-refractivity contribution is -0.117. The number of hydrogen-bond donors (Lipinski definition) is 2. The standard InChI is InChI=1S/C22H27N3O4/c1-15-4-3-5-18(16(15)2)23-22(27)13-25-8-6-24(7-9-25)12-17-10-20-21(11-19(17)26)29-14-28-20/h3-5,10-11,26H,6-9,12-14H2,1-2H3,(H,23,27). The number of benzene rings is 2. The Labute approximate surface area is 170 Å². The number of phenols is 1. The molecule has 2 heterocycles. The van der Waals surface area contributed by atoms with Gasteiger partial charge in [0.25, 0.3) is 0 Å². The summed E-state index contributed by atoms with van der Waals surface area (Å²) in [5, 5.41) is 13.3. The van der Waals surface area contributed by atoms with Crippen molar-refractivity contribution in [2.45, 2.75) is 20.4 Å². The average molecular weight is 397 g/mol. The van der Waals surface area contributed by atoms with Crippen molar-refractivity contribution in [3.8, 4) is 17.2 Å². The molecule has 2 aliphatic heterocycles. The molecule has 0 unspecified atom stereocenters. The molecule has 7 heteroatoms. The second-order valence-corrected chi connectivity index (χ2v) is 7.68. The Morgan fingerprint density at radius 3 is 2.52 bits per heavy atom. The van der Waals surface area contributed by atoms with E-state index in [0.29, 0.717) is 24.6 Å². The molecule has 0 aliphatic carbocycles. The summed E-state index contributed by atoms with van der Waals surface area (Å²) in [5.74, 6) is 1.51. The lowest BCUT2D eigenvalue weighted by Crippen LogP contribution is -2.48. The first kappa shape index (κ1) is 19.5. The molecule has 154 valence electrons. The molecule has 0 radical (unpaired) electrons. The molecule has 1 saturated heterocycles. The molecule has 1 fully saturated rings. The van der Waals surface area contributed by atoms with E-state index in [-0.39, 0.29) is 18.4 Å². The number of rotatable bonds is 5. The Morgan fingerprint density at radius 1 is 1.07 bits per heavy atom. The normalized spacial score (nSPS) is 16.8. The van der Waals surface area contributed by atoms with Crippen molar-refractivity contribution < 1.29 is 19.4 Å². The predicted molar refractivity (Wildman–Crippen MR) is 110 cm³/mol. The van der Waals surface area contributed by atoms with E-state index in [1.807, 2.05) is 38.1 Å². The molecule has 4 rings (SSSR count). The van der Waals surface area contributed by atoms with Gasteiger partial charge >= 0.3 is 0 Å². The van der Waals surface area contributed by atoms with Crippen molar-refractivity contribution in [3.05, 3.63) is 47.0 Å². The lowest BCUT2D eigenvalue weighted by atomic mass is 10.1. The van der Waals surface area contributed by atoms with E-state index in [1.54, 1.807) is 6.07 Å². The number of anilines is 1. The highest BCUT2D eigenvalue weighted by Gasteiger charge is 2.22. The number of nitrogens with one attached hydrogen (secondary N) is 1. The summed E-state index contributed by atoms with van der Waals surface area (Å²) < 4.78 is 10.7. The number of piperazine rings is 1. The maximum absolute atomic E-state index is 12.4. The summed E-state index contributed by atoms with van der Waals surface area (Å²) in [5.41, 5.74) is 3.99. The molecule has 0 aromatic heterocycles. The molecule has 2 N–H and O–H groups in total. The summed E-state index contributed by atoms with van der Waals surface area (Å²) in [6, 6.07) is 9.41. The molecule has 0 saturated carbocycles. The van der Waals surface area contributed by atoms with Crippen LogP contribution in [-0.2, 0) is 11.3 Å². The molecule has 0 atom stereocenters. The third-order valence-corrected chi connectivity index (χ3v) is 5.68. The van der Waals surface area contributed by atoms with Crippen LogP contribution in [0.2, 0.25) is 0 Å². The first-order chi connectivity index (χ1) is 14.0. The Morgan fingerprint density at radius 2 is 1.76 bits per heavy atom. The molecule has 2 aromatic rings. The Hall–Kier alpha value is -2.77. The minimum atomic E-state index is 0.0144. The number of phenolic OH excluding ortho intramolecular Hbond substituents is 1. The van der Waals surface area contributed by atoms with Crippen molar-refractivity contribution in [1.82, 2.24) is 9.80 Å². The zero-order chi connectivity index (χ0) is 20.4. The van der Waals surface area contributed by atoms with Gasteiger partial charge in [0.05, 0.1) is 6.54 Å². The molecule has 0 spiro atoms. The fourth-order valence-corrected chi connectivity index (χ4v) is 3.73. The van der Waals surface area contributed by atoms with E-state index in [4.69, 9.17) is 9.47 Å². The zero-order valence-electron chi connectivity index (χ0n) is 16.9. The van der Waals surface area contributed by atoms with Gasteiger partial charge in [-0.25, -0.2) is 0 Å². The highest BCUT2D eigenvalue weighted by molar-refractivity contribution is 5.93. The van der Waals surface area contributed by atoms with Crippen LogP contribution in [0.15, 0.2) is 30.3 Å². The number of fused-ring (bicyclic) bond motifs is 1. The van der Waals surface area contributed by atoms with Crippen LogP contribution in [0.25, 0.3) is 0 Å². The number of nitrogens with zero attached hydrogens (tertiary/aromatic N) is 2. The molecule has 29 heavy (non-hydrogen) atoms. The third kappa shape index (κ3) is 4.46. The monoisotopic (exact) mass is 397 g/mol. The van der Waals surface area contributed by atoms with Gasteiger partial charge in [0.15, 0.2) is 11.5 Å². The van der Waals surface area contributed by atoms with Crippen LogP contribution in [0.3, 0.4) is 0 Å². The van der Waals surface area contributed by atoms with Crippen LogP contribution < -0.4 is 14.8 Å². The summed E-state index contributed by atoms with van der Waals surface area (Å²) in [7, 11) is 0. The molecular weight excluding hydrogens is 370 g/mol. The Balaban J connectivity index is 1.27. The SMILES string of the molecule is Cc1cccc(NC(=O)CN2CCN(Cc3cc4c(cc3O)OCO4)CC2)c1C. The first-order valence-corrected chi connectivity index (χ1v) is 9.92. The number of carbonyl (C=O) groups excluding carboxylic acids is 1. The van der Waals surface area contributed by atoms with Crippen molar-refractivity contribution in [3.63, 3.8) is 0 Å². The fraction of sp³-hybridized carbons (Fsp3) is 0.409. The van der Waals surface area contributed by atoms with Crippen molar-refractivity contribution in [1.29, 1.82) is 0 Å².